The number of nitrogens with one attached hydrogen (secondary N) is 1. The summed E-state index contributed by atoms with van der Waals surface area (Å²) < 4.78 is 13.9. The van der Waals surface area contributed by atoms with Gasteiger partial charge in [0.1, 0.15) is 0 Å². The number of hydrogen-bond acceptors (Lipinski definition) is 4. The first-order chi connectivity index (χ1) is 8.86. The van der Waals surface area contributed by atoms with Gasteiger partial charge in [0, 0.05) is 25.4 Å². The topological polar surface area (TPSA) is 48.3 Å². The Hall–Kier alpha value is -0.910. The zero-order chi connectivity index (χ0) is 12.3. The van der Waals surface area contributed by atoms with Gasteiger partial charge in [-0.2, -0.15) is 0 Å². The molecule has 5 heteroatoms. The molecule has 1 spiro atoms. The van der Waals surface area contributed by atoms with E-state index in [-0.39, 0.29) is 11.7 Å². The predicted molar refractivity (Wildman–Crippen MR) is 67.4 cm³/mol. The van der Waals surface area contributed by atoms with Gasteiger partial charge in [-0.3, -0.25) is 0 Å². The van der Waals surface area contributed by atoms with Crippen LogP contribution in [0.5, 0.6) is 0 Å². The molecule has 0 bridgehead atoms. The number of hydrogen-bond donors (Lipinski definition) is 1. The van der Waals surface area contributed by atoms with Crippen LogP contribution < -0.4 is 5.32 Å². The van der Waals surface area contributed by atoms with Gasteiger partial charge in [-0.1, -0.05) is 0 Å². The maximum absolute atomic E-state index is 6.00. The van der Waals surface area contributed by atoms with Crippen molar-refractivity contribution < 1.29 is 9.47 Å². The zero-order valence-electron chi connectivity index (χ0n) is 10.7. The van der Waals surface area contributed by atoms with Crippen LogP contribution >= 0.6 is 0 Å². The number of rotatable bonds is 4. The predicted octanol–water partition coefficient (Wildman–Crippen LogP) is 0.811. The van der Waals surface area contributed by atoms with Crippen LogP contribution in [0.3, 0.4) is 0 Å². The van der Waals surface area contributed by atoms with Gasteiger partial charge in [0.05, 0.1) is 31.2 Å². The van der Waals surface area contributed by atoms with Crippen LogP contribution in [-0.4, -0.2) is 47.6 Å². The molecule has 5 nitrogen and oxygen atoms in total. The molecule has 3 heterocycles. The van der Waals surface area contributed by atoms with E-state index in [1.54, 1.807) is 6.20 Å². The summed E-state index contributed by atoms with van der Waals surface area (Å²) >= 11 is 0. The minimum Gasteiger partial charge on any atom is -0.374 e. The first-order valence-corrected chi connectivity index (χ1v) is 6.78. The number of nitrogens with zero attached hydrogens (tertiary/aromatic N) is 2. The smallest absolute Gasteiger partial charge is 0.0946 e. The average molecular weight is 251 g/mol. The molecule has 100 valence electrons. The van der Waals surface area contributed by atoms with Crippen LogP contribution in [0.2, 0.25) is 0 Å². The third kappa shape index (κ3) is 2.74. The number of piperidine rings is 1. The molecule has 18 heavy (non-hydrogen) atoms. The molecule has 0 amide bonds. The molecule has 1 atom stereocenters. The van der Waals surface area contributed by atoms with E-state index in [2.05, 4.69) is 10.3 Å². The minimum absolute atomic E-state index is 0.102. The highest BCUT2D eigenvalue weighted by molar-refractivity contribution is 4.93. The third-order valence-electron chi connectivity index (χ3n) is 3.95. The molecular weight excluding hydrogens is 230 g/mol. The molecule has 1 N–H and O–H groups in total. The van der Waals surface area contributed by atoms with E-state index in [1.165, 1.54) is 0 Å². The summed E-state index contributed by atoms with van der Waals surface area (Å²) in [5, 5.41) is 3.38. The van der Waals surface area contributed by atoms with Gasteiger partial charge < -0.3 is 19.4 Å². The number of ether oxygens (including phenoxy) is 2. The highest BCUT2D eigenvalue weighted by Gasteiger charge is 2.41. The molecule has 0 aliphatic carbocycles. The standard InChI is InChI=1S/C13H21N3O2/c1-3-14-4-2-13(1)9-12(10-18-13)17-8-7-16-6-5-15-11-16/h5-6,11-12,14H,1-4,7-10H2. The molecule has 2 saturated heterocycles. The summed E-state index contributed by atoms with van der Waals surface area (Å²) in [4.78, 5) is 4.02. The van der Waals surface area contributed by atoms with Crippen LogP contribution in [0, 0.1) is 0 Å². The van der Waals surface area contributed by atoms with Crippen molar-refractivity contribution in [3.63, 3.8) is 0 Å². The van der Waals surface area contributed by atoms with Gasteiger partial charge in [0.15, 0.2) is 0 Å². The van der Waals surface area contributed by atoms with E-state index in [1.807, 2.05) is 17.1 Å². The van der Waals surface area contributed by atoms with Gasteiger partial charge in [0.25, 0.3) is 0 Å². The molecule has 1 aromatic heterocycles. The van der Waals surface area contributed by atoms with Gasteiger partial charge in [-0.25, -0.2) is 4.98 Å². The molecular formula is C13H21N3O2. The van der Waals surface area contributed by atoms with Crippen LogP contribution in [0.25, 0.3) is 0 Å². The van der Waals surface area contributed by atoms with Gasteiger partial charge in [-0.05, 0) is 25.9 Å². The second kappa shape index (κ2) is 5.38. The second-order valence-corrected chi connectivity index (χ2v) is 5.24. The quantitative estimate of drug-likeness (QED) is 0.860. The van der Waals surface area contributed by atoms with Gasteiger partial charge >= 0.3 is 0 Å². The maximum atomic E-state index is 6.00. The fourth-order valence-corrected chi connectivity index (χ4v) is 2.88. The van der Waals surface area contributed by atoms with Crippen molar-refractivity contribution in [2.75, 3.05) is 26.3 Å². The van der Waals surface area contributed by atoms with Crippen molar-refractivity contribution in [3.05, 3.63) is 18.7 Å². The molecule has 2 aliphatic rings. The average Bonchev–Trinajstić information content (AvgIpc) is 3.02. The Morgan fingerprint density at radius 3 is 3.11 bits per heavy atom. The molecule has 2 fully saturated rings. The molecule has 0 aromatic carbocycles. The minimum atomic E-state index is 0.102. The van der Waals surface area contributed by atoms with Crippen molar-refractivity contribution in [1.29, 1.82) is 0 Å². The van der Waals surface area contributed by atoms with Crippen LogP contribution in [0.15, 0.2) is 18.7 Å². The van der Waals surface area contributed by atoms with Crippen LogP contribution in [0.1, 0.15) is 19.3 Å². The Morgan fingerprint density at radius 1 is 1.44 bits per heavy atom. The monoisotopic (exact) mass is 251 g/mol. The van der Waals surface area contributed by atoms with Crippen molar-refractivity contribution in [2.24, 2.45) is 0 Å². The molecule has 0 saturated carbocycles. The maximum Gasteiger partial charge on any atom is 0.0946 e. The lowest BCUT2D eigenvalue weighted by Gasteiger charge is -2.32. The van der Waals surface area contributed by atoms with Crippen LogP contribution in [0.4, 0.5) is 0 Å². The SMILES string of the molecule is c1cn(CCOC2COC3(CCNCC3)C2)cn1. The van der Waals surface area contributed by atoms with E-state index in [4.69, 9.17) is 9.47 Å². The Morgan fingerprint density at radius 2 is 2.33 bits per heavy atom. The molecule has 1 unspecified atom stereocenters. The summed E-state index contributed by atoms with van der Waals surface area (Å²) in [5.41, 5.74) is 0.102. The summed E-state index contributed by atoms with van der Waals surface area (Å²) in [6, 6.07) is 0. The third-order valence-corrected chi connectivity index (χ3v) is 3.95. The summed E-state index contributed by atoms with van der Waals surface area (Å²) in [5.74, 6) is 0. The Bertz CT molecular complexity index is 360. The second-order valence-electron chi connectivity index (χ2n) is 5.24. The van der Waals surface area contributed by atoms with Gasteiger partial charge in [-0.15, -0.1) is 0 Å². The van der Waals surface area contributed by atoms with E-state index in [0.29, 0.717) is 0 Å². The first-order valence-electron chi connectivity index (χ1n) is 6.78. The fraction of sp³-hybridized carbons (Fsp3) is 0.769. The number of aromatic nitrogens is 2. The Kier molecular flexibility index (Phi) is 3.63. The van der Waals surface area contributed by atoms with Gasteiger partial charge in [0.2, 0.25) is 0 Å². The lowest BCUT2D eigenvalue weighted by atomic mass is 9.89. The van der Waals surface area contributed by atoms with E-state index in [9.17, 15) is 0 Å². The van der Waals surface area contributed by atoms with E-state index >= 15 is 0 Å². The van der Waals surface area contributed by atoms with E-state index in [0.717, 1.165) is 52.1 Å². The lowest BCUT2D eigenvalue weighted by molar-refractivity contribution is -0.0235. The summed E-state index contributed by atoms with van der Waals surface area (Å²) in [7, 11) is 0. The Labute approximate surface area is 107 Å². The van der Waals surface area contributed by atoms with Crippen molar-refractivity contribution in [2.45, 2.75) is 37.5 Å². The van der Waals surface area contributed by atoms with Crippen molar-refractivity contribution in [3.8, 4) is 0 Å². The van der Waals surface area contributed by atoms with Crippen molar-refractivity contribution >= 4 is 0 Å². The summed E-state index contributed by atoms with van der Waals surface area (Å²) in [6.45, 7) is 4.50. The van der Waals surface area contributed by atoms with Crippen molar-refractivity contribution in [1.82, 2.24) is 14.9 Å². The Balaban J connectivity index is 1.42. The highest BCUT2D eigenvalue weighted by Crippen LogP contribution is 2.35. The lowest BCUT2D eigenvalue weighted by Crippen LogP contribution is -2.41. The number of imidazole rings is 1. The van der Waals surface area contributed by atoms with Crippen LogP contribution in [-0.2, 0) is 16.0 Å². The normalized spacial score (nSPS) is 26.8. The molecule has 2 aliphatic heterocycles. The zero-order valence-corrected chi connectivity index (χ0v) is 10.7. The summed E-state index contributed by atoms with van der Waals surface area (Å²) in [6.07, 6.45) is 9.14. The van der Waals surface area contributed by atoms with E-state index < -0.39 is 0 Å². The largest absolute Gasteiger partial charge is 0.374 e. The molecule has 3 rings (SSSR count). The fourth-order valence-electron chi connectivity index (χ4n) is 2.88. The molecule has 0 radical (unpaired) electrons. The molecule has 1 aromatic rings. The highest BCUT2D eigenvalue weighted by atomic mass is 16.6. The first kappa shape index (κ1) is 12.1.